The van der Waals surface area contributed by atoms with Crippen LogP contribution < -0.4 is 0 Å². The first-order valence-electron chi connectivity index (χ1n) is 10.2. The van der Waals surface area contributed by atoms with E-state index in [2.05, 4.69) is 19.1 Å². The Morgan fingerprint density at radius 1 is 0.880 bits per heavy atom. The van der Waals surface area contributed by atoms with Crippen LogP contribution >= 0.6 is 0 Å². The van der Waals surface area contributed by atoms with Crippen molar-refractivity contribution in [2.75, 3.05) is 0 Å². The molecule has 0 aromatic carbocycles. The lowest BCUT2D eigenvalue weighted by Gasteiger charge is -2.29. The van der Waals surface area contributed by atoms with Crippen molar-refractivity contribution in [2.24, 2.45) is 17.8 Å². The van der Waals surface area contributed by atoms with Gasteiger partial charge in [-0.05, 0) is 37.5 Å². The molecule has 1 aliphatic rings. The second-order valence-electron chi connectivity index (χ2n) is 7.54. The first kappa shape index (κ1) is 21.7. The van der Waals surface area contributed by atoms with E-state index in [1.54, 1.807) is 0 Å². The highest BCUT2D eigenvalue weighted by Gasteiger charge is 2.31. The molecule has 4 heteroatoms. The van der Waals surface area contributed by atoms with E-state index < -0.39 is 11.9 Å². The molecule has 0 spiro atoms. The lowest BCUT2D eigenvalue weighted by molar-refractivity contribution is -0.144. The molecule has 0 aromatic heterocycles. The maximum atomic E-state index is 11.6. The molecule has 0 radical (unpaired) electrons. The van der Waals surface area contributed by atoms with Gasteiger partial charge < -0.3 is 10.2 Å². The fraction of sp³-hybridized carbons (Fsp3) is 0.810. The predicted octanol–water partition coefficient (Wildman–Crippen LogP) is 5.67. The third-order valence-corrected chi connectivity index (χ3v) is 5.38. The highest BCUT2D eigenvalue weighted by atomic mass is 16.4. The quantitative estimate of drug-likeness (QED) is 0.312. The van der Waals surface area contributed by atoms with Crippen LogP contribution in [0.25, 0.3) is 0 Å². The van der Waals surface area contributed by atoms with Crippen LogP contribution in [0.15, 0.2) is 12.2 Å². The fourth-order valence-electron chi connectivity index (χ4n) is 3.83. The van der Waals surface area contributed by atoms with Gasteiger partial charge in [0.15, 0.2) is 0 Å². The standard InChI is InChI=1S/C21H36O4/c1-2-3-4-9-12-18-15-14-17(16-19(18)21(24)25)11-8-6-5-7-10-13-20(22)23/h14-15,17-19H,2-13,16H2,1H3,(H,22,23)(H,24,25)/t17-,18-,19-/m1/s1. The molecule has 0 unspecified atom stereocenters. The van der Waals surface area contributed by atoms with Crippen molar-refractivity contribution in [1.82, 2.24) is 0 Å². The zero-order chi connectivity index (χ0) is 18.5. The topological polar surface area (TPSA) is 74.6 Å². The Morgan fingerprint density at radius 3 is 2.20 bits per heavy atom. The van der Waals surface area contributed by atoms with Gasteiger partial charge >= 0.3 is 11.9 Å². The molecular weight excluding hydrogens is 316 g/mol. The van der Waals surface area contributed by atoms with Crippen LogP contribution in [0.1, 0.15) is 90.4 Å². The van der Waals surface area contributed by atoms with Crippen molar-refractivity contribution < 1.29 is 19.8 Å². The smallest absolute Gasteiger partial charge is 0.307 e. The number of aliphatic carboxylic acids is 2. The second-order valence-corrected chi connectivity index (χ2v) is 7.54. The Morgan fingerprint density at radius 2 is 1.52 bits per heavy atom. The molecule has 1 aliphatic carbocycles. The molecule has 2 N–H and O–H groups in total. The average Bonchev–Trinajstić information content (AvgIpc) is 2.58. The minimum atomic E-state index is -0.712. The molecular formula is C21H36O4. The fourth-order valence-corrected chi connectivity index (χ4v) is 3.83. The lowest BCUT2D eigenvalue weighted by Crippen LogP contribution is -2.28. The van der Waals surface area contributed by atoms with E-state index in [0.29, 0.717) is 5.92 Å². The number of carbonyl (C=O) groups is 2. The summed E-state index contributed by atoms with van der Waals surface area (Å²) in [6.07, 6.45) is 17.4. The number of carboxylic acids is 2. The molecule has 144 valence electrons. The summed E-state index contributed by atoms with van der Waals surface area (Å²) in [5.74, 6) is -0.958. The van der Waals surface area contributed by atoms with Crippen molar-refractivity contribution in [2.45, 2.75) is 90.4 Å². The summed E-state index contributed by atoms with van der Waals surface area (Å²) < 4.78 is 0. The van der Waals surface area contributed by atoms with Crippen LogP contribution in [-0.4, -0.2) is 22.2 Å². The summed E-state index contributed by atoms with van der Waals surface area (Å²) in [4.78, 5) is 22.1. The van der Waals surface area contributed by atoms with E-state index in [-0.39, 0.29) is 18.3 Å². The average molecular weight is 353 g/mol. The van der Waals surface area contributed by atoms with Crippen LogP contribution in [0.3, 0.4) is 0 Å². The number of allylic oxidation sites excluding steroid dienone is 2. The van der Waals surface area contributed by atoms with Gasteiger partial charge in [0.2, 0.25) is 0 Å². The minimum Gasteiger partial charge on any atom is -0.481 e. The molecule has 0 amide bonds. The maximum Gasteiger partial charge on any atom is 0.307 e. The molecule has 0 saturated carbocycles. The number of carboxylic acid groups (broad SMARTS) is 2. The molecule has 0 aliphatic heterocycles. The maximum absolute atomic E-state index is 11.6. The Labute approximate surface area is 152 Å². The summed E-state index contributed by atoms with van der Waals surface area (Å²) in [6.45, 7) is 2.19. The lowest BCUT2D eigenvalue weighted by atomic mass is 9.75. The van der Waals surface area contributed by atoms with Gasteiger partial charge in [-0.25, -0.2) is 0 Å². The Balaban J connectivity index is 2.25. The van der Waals surface area contributed by atoms with Crippen molar-refractivity contribution in [3.05, 3.63) is 12.2 Å². The predicted molar refractivity (Wildman–Crippen MR) is 101 cm³/mol. The number of rotatable bonds is 14. The van der Waals surface area contributed by atoms with Gasteiger partial charge in [0, 0.05) is 6.42 Å². The molecule has 0 heterocycles. The monoisotopic (exact) mass is 352 g/mol. The number of unbranched alkanes of at least 4 members (excludes halogenated alkanes) is 7. The van der Waals surface area contributed by atoms with Gasteiger partial charge in [-0.15, -0.1) is 0 Å². The van der Waals surface area contributed by atoms with Crippen molar-refractivity contribution in [3.63, 3.8) is 0 Å². The van der Waals surface area contributed by atoms with Gasteiger partial charge in [0.1, 0.15) is 0 Å². The zero-order valence-electron chi connectivity index (χ0n) is 15.8. The van der Waals surface area contributed by atoms with E-state index in [1.165, 1.54) is 19.3 Å². The summed E-state index contributed by atoms with van der Waals surface area (Å²) in [7, 11) is 0. The summed E-state index contributed by atoms with van der Waals surface area (Å²) in [5.41, 5.74) is 0. The van der Waals surface area contributed by atoms with Crippen LogP contribution in [0.2, 0.25) is 0 Å². The molecule has 0 fully saturated rings. The summed E-state index contributed by atoms with van der Waals surface area (Å²) >= 11 is 0. The van der Waals surface area contributed by atoms with E-state index in [4.69, 9.17) is 5.11 Å². The third kappa shape index (κ3) is 9.66. The van der Waals surface area contributed by atoms with Crippen molar-refractivity contribution in [1.29, 1.82) is 0 Å². The highest BCUT2D eigenvalue weighted by molar-refractivity contribution is 5.71. The van der Waals surface area contributed by atoms with Crippen LogP contribution in [0, 0.1) is 17.8 Å². The highest BCUT2D eigenvalue weighted by Crippen LogP contribution is 2.34. The van der Waals surface area contributed by atoms with E-state index in [1.807, 2.05) is 0 Å². The number of hydrogen-bond acceptors (Lipinski definition) is 2. The molecule has 25 heavy (non-hydrogen) atoms. The molecule has 0 bridgehead atoms. The van der Waals surface area contributed by atoms with Crippen molar-refractivity contribution >= 4 is 11.9 Å². The zero-order valence-corrected chi connectivity index (χ0v) is 15.8. The Kier molecular flexibility index (Phi) is 11.3. The van der Waals surface area contributed by atoms with E-state index >= 15 is 0 Å². The molecule has 4 nitrogen and oxygen atoms in total. The SMILES string of the molecule is CCCCCC[C@@H]1C=C[C@@H](CCCCCCCC(=O)O)C[C@H]1C(=O)O. The minimum absolute atomic E-state index is 0.210. The van der Waals surface area contributed by atoms with Gasteiger partial charge in [-0.3, -0.25) is 9.59 Å². The van der Waals surface area contributed by atoms with Crippen LogP contribution in [-0.2, 0) is 9.59 Å². The van der Waals surface area contributed by atoms with Gasteiger partial charge in [0.25, 0.3) is 0 Å². The largest absolute Gasteiger partial charge is 0.481 e. The Bertz CT molecular complexity index is 416. The van der Waals surface area contributed by atoms with E-state index in [9.17, 15) is 14.7 Å². The normalized spacial score (nSPS) is 22.8. The Hall–Kier alpha value is -1.32. The molecule has 0 aromatic rings. The van der Waals surface area contributed by atoms with Gasteiger partial charge in [-0.1, -0.05) is 70.4 Å². The number of hydrogen-bond donors (Lipinski definition) is 2. The van der Waals surface area contributed by atoms with Gasteiger partial charge in [0.05, 0.1) is 5.92 Å². The third-order valence-electron chi connectivity index (χ3n) is 5.38. The van der Waals surface area contributed by atoms with Crippen molar-refractivity contribution in [3.8, 4) is 0 Å². The second kappa shape index (κ2) is 13.0. The molecule has 0 saturated heterocycles. The van der Waals surface area contributed by atoms with E-state index in [0.717, 1.165) is 57.8 Å². The first-order chi connectivity index (χ1) is 12.0. The van der Waals surface area contributed by atoms with Crippen LogP contribution in [0.4, 0.5) is 0 Å². The first-order valence-corrected chi connectivity index (χ1v) is 10.2. The summed E-state index contributed by atoms with van der Waals surface area (Å²) in [5, 5.41) is 18.2. The van der Waals surface area contributed by atoms with Gasteiger partial charge in [-0.2, -0.15) is 0 Å². The molecule has 3 atom stereocenters. The summed E-state index contributed by atoms with van der Waals surface area (Å²) in [6, 6.07) is 0. The van der Waals surface area contributed by atoms with Crippen LogP contribution in [0.5, 0.6) is 0 Å². The molecule has 1 rings (SSSR count).